The van der Waals surface area contributed by atoms with Gasteiger partial charge >= 0.3 is 0 Å². The number of para-hydroxylation sites is 1. The molecule has 0 bridgehead atoms. The fourth-order valence-electron chi connectivity index (χ4n) is 3.65. The van der Waals surface area contributed by atoms with Crippen LogP contribution in [0.1, 0.15) is 36.2 Å². The lowest BCUT2D eigenvalue weighted by Gasteiger charge is -2.29. The maximum absolute atomic E-state index is 11.9. The second-order valence-corrected chi connectivity index (χ2v) is 7.58. The molecule has 0 aliphatic heterocycles. The quantitative estimate of drug-likeness (QED) is 0.459. The zero-order valence-corrected chi connectivity index (χ0v) is 17.1. The number of rotatable bonds is 7. The standard InChI is InChI=1S/C23H26N6O2/c24-18-11-4-5-12-19(18)28-20-14-26-21(22(25)30)23(29-20)27-15-7-6-10-17(13-15)31-16-8-2-1-3-9-16/h1-3,6-10,13-14,18-19H,4-5,11-12,24H2,(H2,25,30)(H2,27,28,29). The molecule has 3 aromatic rings. The van der Waals surface area contributed by atoms with Gasteiger partial charge in [0.1, 0.15) is 17.3 Å². The number of nitrogens with two attached hydrogens (primary N) is 2. The lowest BCUT2D eigenvalue weighted by molar-refractivity contribution is 0.0996. The highest BCUT2D eigenvalue weighted by Crippen LogP contribution is 2.27. The lowest BCUT2D eigenvalue weighted by atomic mass is 9.91. The number of nitrogens with one attached hydrogen (secondary N) is 2. The van der Waals surface area contributed by atoms with E-state index >= 15 is 0 Å². The Hall–Kier alpha value is -3.65. The molecule has 2 atom stereocenters. The number of anilines is 3. The summed E-state index contributed by atoms with van der Waals surface area (Å²) in [5, 5.41) is 6.49. The zero-order chi connectivity index (χ0) is 21.6. The third kappa shape index (κ3) is 5.29. The van der Waals surface area contributed by atoms with Crippen LogP contribution in [-0.2, 0) is 0 Å². The Labute approximate surface area is 181 Å². The van der Waals surface area contributed by atoms with E-state index in [0.717, 1.165) is 31.4 Å². The molecule has 1 heterocycles. The first-order valence-electron chi connectivity index (χ1n) is 10.4. The first kappa shape index (κ1) is 20.6. The van der Waals surface area contributed by atoms with E-state index in [2.05, 4.69) is 20.6 Å². The maximum Gasteiger partial charge on any atom is 0.271 e. The Kier molecular flexibility index (Phi) is 6.28. The molecule has 2 unspecified atom stereocenters. The molecule has 1 amide bonds. The van der Waals surface area contributed by atoms with Gasteiger partial charge in [-0.15, -0.1) is 0 Å². The SMILES string of the molecule is NC(=O)c1ncc(NC2CCCCC2N)nc1Nc1cccc(Oc2ccccc2)c1. The molecule has 1 saturated carbocycles. The van der Waals surface area contributed by atoms with Gasteiger partial charge in [-0.3, -0.25) is 4.79 Å². The van der Waals surface area contributed by atoms with Gasteiger partial charge in [-0.2, -0.15) is 0 Å². The molecule has 31 heavy (non-hydrogen) atoms. The van der Waals surface area contributed by atoms with Gasteiger partial charge in [0.15, 0.2) is 11.5 Å². The number of nitrogens with zero attached hydrogens (tertiary/aromatic N) is 2. The minimum atomic E-state index is -0.660. The molecule has 1 aliphatic rings. The number of hydrogen-bond donors (Lipinski definition) is 4. The summed E-state index contributed by atoms with van der Waals surface area (Å²) in [5.74, 6) is 1.54. The maximum atomic E-state index is 11.9. The number of carbonyl (C=O) groups is 1. The highest BCUT2D eigenvalue weighted by molar-refractivity contribution is 5.96. The van der Waals surface area contributed by atoms with E-state index in [0.29, 0.717) is 17.3 Å². The third-order valence-electron chi connectivity index (χ3n) is 5.23. The van der Waals surface area contributed by atoms with Crippen LogP contribution >= 0.6 is 0 Å². The minimum Gasteiger partial charge on any atom is -0.457 e. The van der Waals surface area contributed by atoms with Crippen LogP contribution in [0.2, 0.25) is 0 Å². The van der Waals surface area contributed by atoms with E-state index in [-0.39, 0.29) is 23.6 Å². The summed E-state index contributed by atoms with van der Waals surface area (Å²) in [6, 6.07) is 17.0. The fourth-order valence-corrected chi connectivity index (χ4v) is 3.65. The van der Waals surface area contributed by atoms with Gasteiger partial charge in [0.05, 0.1) is 6.20 Å². The lowest BCUT2D eigenvalue weighted by Crippen LogP contribution is -2.42. The van der Waals surface area contributed by atoms with Crippen molar-refractivity contribution in [1.29, 1.82) is 0 Å². The molecule has 4 rings (SSSR count). The number of ether oxygens (including phenoxy) is 1. The molecule has 1 aromatic heterocycles. The molecule has 6 N–H and O–H groups in total. The predicted molar refractivity (Wildman–Crippen MR) is 121 cm³/mol. The van der Waals surface area contributed by atoms with E-state index < -0.39 is 5.91 Å². The molecule has 0 spiro atoms. The summed E-state index contributed by atoms with van der Waals surface area (Å²) in [7, 11) is 0. The van der Waals surface area contributed by atoms with E-state index in [9.17, 15) is 4.79 Å². The van der Waals surface area contributed by atoms with Crippen molar-refractivity contribution < 1.29 is 9.53 Å². The molecule has 160 valence electrons. The van der Waals surface area contributed by atoms with Gasteiger partial charge in [0.25, 0.3) is 5.91 Å². The van der Waals surface area contributed by atoms with Gasteiger partial charge < -0.3 is 26.8 Å². The number of hydrogen-bond acceptors (Lipinski definition) is 7. The van der Waals surface area contributed by atoms with Gasteiger partial charge in [-0.25, -0.2) is 9.97 Å². The number of benzene rings is 2. The summed E-state index contributed by atoms with van der Waals surface area (Å²) in [4.78, 5) is 20.7. The topological polar surface area (TPSA) is 128 Å². The smallest absolute Gasteiger partial charge is 0.271 e. The Morgan fingerprint density at radius 2 is 1.81 bits per heavy atom. The average molecular weight is 419 g/mol. The summed E-state index contributed by atoms with van der Waals surface area (Å²) < 4.78 is 5.88. The minimum absolute atomic E-state index is 0.0628. The number of carbonyl (C=O) groups excluding carboxylic acids is 1. The largest absolute Gasteiger partial charge is 0.457 e. The molecule has 8 heteroatoms. The van der Waals surface area contributed by atoms with Crippen molar-refractivity contribution in [3.05, 3.63) is 66.5 Å². The summed E-state index contributed by atoms with van der Waals surface area (Å²) in [5.41, 5.74) is 12.5. The molecule has 2 aromatic carbocycles. The van der Waals surface area contributed by atoms with Gasteiger partial charge in [-0.1, -0.05) is 37.1 Å². The highest BCUT2D eigenvalue weighted by Gasteiger charge is 2.23. The Morgan fingerprint density at radius 3 is 2.58 bits per heavy atom. The van der Waals surface area contributed by atoms with E-state index in [1.807, 2.05) is 54.6 Å². The fraction of sp³-hybridized carbons (Fsp3) is 0.261. The average Bonchev–Trinajstić information content (AvgIpc) is 2.76. The van der Waals surface area contributed by atoms with Crippen molar-refractivity contribution in [3.8, 4) is 11.5 Å². The van der Waals surface area contributed by atoms with Crippen LogP contribution in [0.3, 0.4) is 0 Å². The van der Waals surface area contributed by atoms with Gasteiger partial charge in [-0.05, 0) is 37.1 Å². The normalized spacial score (nSPS) is 18.2. The van der Waals surface area contributed by atoms with E-state index in [1.54, 1.807) is 0 Å². The first-order chi connectivity index (χ1) is 15.1. The highest BCUT2D eigenvalue weighted by atomic mass is 16.5. The van der Waals surface area contributed by atoms with Crippen LogP contribution in [-0.4, -0.2) is 28.0 Å². The van der Waals surface area contributed by atoms with Crippen LogP contribution in [0, 0.1) is 0 Å². The monoisotopic (exact) mass is 418 g/mol. The molecule has 1 aliphatic carbocycles. The first-order valence-corrected chi connectivity index (χ1v) is 10.4. The summed E-state index contributed by atoms with van der Waals surface area (Å²) in [6.45, 7) is 0. The van der Waals surface area contributed by atoms with E-state index in [1.165, 1.54) is 6.20 Å². The third-order valence-corrected chi connectivity index (χ3v) is 5.23. The summed E-state index contributed by atoms with van der Waals surface area (Å²) >= 11 is 0. The van der Waals surface area contributed by atoms with E-state index in [4.69, 9.17) is 16.2 Å². The second-order valence-electron chi connectivity index (χ2n) is 7.58. The molecule has 0 radical (unpaired) electrons. The number of amides is 1. The Morgan fingerprint density at radius 1 is 1.03 bits per heavy atom. The van der Waals surface area contributed by atoms with Crippen LogP contribution in [0.25, 0.3) is 0 Å². The summed E-state index contributed by atoms with van der Waals surface area (Å²) in [6.07, 6.45) is 5.73. The Balaban J connectivity index is 1.55. The van der Waals surface area contributed by atoms with Crippen LogP contribution in [0.15, 0.2) is 60.8 Å². The van der Waals surface area contributed by atoms with Crippen LogP contribution in [0.5, 0.6) is 11.5 Å². The van der Waals surface area contributed by atoms with Crippen molar-refractivity contribution >= 4 is 23.2 Å². The van der Waals surface area contributed by atoms with Crippen LogP contribution in [0.4, 0.5) is 17.3 Å². The molecule has 8 nitrogen and oxygen atoms in total. The Bertz CT molecular complexity index is 1040. The number of aromatic nitrogens is 2. The van der Waals surface area contributed by atoms with Crippen LogP contribution < -0.4 is 26.8 Å². The molecule has 0 saturated heterocycles. The molecule has 1 fully saturated rings. The van der Waals surface area contributed by atoms with Gasteiger partial charge in [0.2, 0.25) is 0 Å². The van der Waals surface area contributed by atoms with Crippen molar-refractivity contribution in [2.75, 3.05) is 10.6 Å². The second kappa shape index (κ2) is 9.44. The molecular formula is C23H26N6O2. The van der Waals surface area contributed by atoms with Crippen molar-refractivity contribution in [3.63, 3.8) is 0 Å². The zero-order valence-electron chi connectivity index (χ0n) is 17.1. The number of primary amides is 1. The predicted octanol–water partition coefficient (Wildman–Crippen LogP) is 3.79. The van der Waals surface area contributed by atoms with Crippen molar-refractivity contribution in [2.24, 2.45) is 11.5 Å². The van der Waals surface area contributed by atoms with Crippen molar-refractivity contribution in [2.45, 2.75) is 37.8 Å². The van der Waals surface area contributed by atoms with Gasteiger partial charge in [0, 0.05) is 23.8 Å². The molecular weight excluding hydrogens is 392 g/mol. The van der Waals surface area contributed by atoms with Crippen molar-refractivity contribution in [1.82, 2.24) is 9.97 Å².